The van der Waals surface area contributed by atoms with Gasteiger partial charge in [0.25, 0.3) is 0 Å². The maximum Gasteiger partial charge on any atom is 0.173 e. The van der Waals surface area contributed by atoms with Crippen molar-refractivity contribution in [2.45, 2.75) is 13.2 Å². The lowest BCUT2D eigenvalue weighted by Crippen LogP contribution is -2.33. The normalized spacial score (nSPS) is 14.1. The highest BCUT2D eigenvalue weighted by Crippen LogP contribution is 1.86. The third-order valence-electron chi connectivity index (χ3n) is 0.853. The first-order valence-corrected chi connectivity index (χ1v) is 2.40. The van der Waals surface area contributed by atoms with Crippen LogP contribution in [0, 0.1) is 0 Å². The predicted molar refractivity (Wildman–Crippen MR) is 30.4 cm³/mol. The zero-order chi connectivity index (χ0) is 6.73. The van der Waals surface area contributed by atoms with Crippen LogP contribution in [-0.2, 0) is 4.79 Å². The minimum absolute atomic E-state index is 0.227. The smallest absolute Gasteiger partial charge is 0.173 e. The van der Waals surface area contributed by atoms with E-state index in [4.69, 9.17) is 5.11 Å². The minimum Gasteiger partial charge on any atom is -0.371 e. The van der Waals surface area contributed by atoms with Crippen molar-refractivity contribution >= 4 is 5.78 Å². The van der Waals surface area contributed by atoms with E-state index in [9.17, 15) is 4.79 Å². The lowest BCUT2D eigenvalue weighted by Gasteiger charge is -2.13. The molecule has 0 spiro atoms. The summed E-state index contributed by atoms with van der Waals surface area (Å²) < 4.78 is 0. The lowest BCUT2D eigenvalue weighted by atomic mass is 10.4. The summed E-state index contributed by atoms with van der Waals surface area (Å²) in [7, 11) is 3.29. The molecule has 0 aromatic carbocycles. The summed E-state index contributed by atoms with van der Waals surface area (Å²) in [5, 5.41) is 8.78. The maximum atomic E-state index is 10.3. The number of aliphatic hydroxyl groups is 1. The van der Waals surface area contributed by atoms with Crippen molar-refractivity contribution in [1.29, 1.82) is 0 Å². The van der Waals surface area contributed by atoms with Crippen molar-refractivity contribution in [3.63, 3.8) is 0 Å². The monoisotopic (exact) mass is 117 g/mol. The molecule has 0 saturated heterocycles. The van der Waals surface area contributed by atoms with E-state index in [1.807, 2.05) is 0 Å². The van der Waals surface area contributed by atoms with Gasteiger partial charge in [0.15, 0.2) is 12.0 Å². The van der Waals surface area contributed by atoms with Gasteiger partial charge in [0.1, 0.15) is 0 Å². The summed E-state index contributed by atoms with van der Waals surface area (Å²) in [6.45, 7) is 1.35. The Kier molecular flexibility index (Phi) is 2.65. The molecule has 48 valence electrons. The van der Waals surface area contributed by atoms with Gasteiger partial charge in [-0.2, -0.15) is 0 Å². The van der Waals surface area contributed by atoms with Crippen molar-refractivity contribution in [2.24, 2.45) is 0 Å². The van der Waals surface area contributed by atoms with E-state index in [0.717, 1.165) is 0 Å². The summed E-state index contributed by atoms with van der Waals surface area (Å²) >= 11 is 0. The van der Waals surface area contributed by atoms with Crippen LogP contribution in [0.25, 0.3) is 0 Å². The topological polar surface area (TPSA) is 40.5 Å². The molecule has 0 aromatic rings. The molecule has 1 atom stereocenters. The molecule has 0 fully saturated rings. The van der Waals surface area contributed by atoms with Gasteiger partial charge in [0.2, 0.25) is 0 Å². The Hall–Kier alpha value is -0.410. The molecule has 0 aliphatic carbocycles. The number of Topliss-reactive ketones (excluding diaryl/α,β-unsaturated/α-hetero) is 1. The number of rotatable bonds is 2. The molecule has 0 aliphatic heterocycles. The zero-order valence-corrected chi connectivity index (χ0v) is 5.38. The van der Waals surface area contributed by atoms with E-state index in [-0.39, 0.29) is 5.78 Å². The molecule has 0 rings (SSSR count). The van der Waals surface area contributed by atoms with Crippen LogP contribution in [0.15, 0.2) is 0 Å². The molecule has 1 N–H and O–H groups in total. The van der Waals surface area contributed by atoms with Gasteiger partial charge < -0.3 is 5.11 Å². The maximum absolute atomic E-state index is 10.3. The van der Waals surface area contributed by atoms with Gasteiger partial charge in [-0.05, 0) is 21.0 Å². The summed E-state index contributed by atoms with van der Waals surface area (Å²) in [6.07, 6.45) is -0.935. The molecule has 0 aliphatic rings. The van der Waals surface area contributed by atoms with Crippen LogP contribution in [0.5, 0.6) is 0 Å². The summed E-state index contributed by atoms with van der Waals surface area (Å²) in [5.74, 6) is -0.227. The number of nitrogens with zero attached hydrogens (tertiary/aromatic N) is 1. The highest BCUT2D eigenvalue weighted by atomic mass is 16.3. The second-order valence-electron chi connectivity index (χ2n) is 1.95. The number of carbonyl (C=O) groups is 1. The fourth-order valence-corrected chi connectivity index (χ4v) is 0.364. The van der Waals surface area contributed by atoms with Crippen LogP contribution in [0.1, 0.15) is 6.92 Å². The molecule has 1 unspecified atom stereocenters. The molecule has 3 nitrogen and oxygen atoms in total. The Morgan fingerprint density at radius 2 is 2.00 bits per heavy atom. The quantitative estimate of drug-likeness (QED) is 0.493. The fourth-order valence-electron chi connectivity index (χ4n) is 0.364. The van der Waals surface area contributed by atoms with Crippen LogP contribution in [0.2, 0.25) is 0 Å². The van der Waals surface area contributed by atoms with E-state index >= 15 is 0 Å². The third-order valence-corrected chi connectivity index (χ3v) is 0.853. The second-order valence-corrected chi connectivity index (χ2v) is 1.95. The van der Waals surface area contributed by atoms with Gasteiger partial charge >= 0.3 is 0 Å². The average Bonchev–Trinajstić information content (AvgIpc) is 1.64. The largest absolute Gasteiger partial charge is 0.371 e. The van der Waals surface area contributed by atoms with Crippen molar-refractivity contribution in [3.05, 3.63) is 0 Å². The lowest BCUT2D eigenvalue weighted by molar-refractivity contribution is -0.132. The van der Waals surface area contributed by atoms with Gasteiger partial charge in [-0.1, -0.05) is 0 Å². The summed E-state index contributed by atoms with van der Waals surface area (Å²) in [4.78, 5) is 11.7. The first-order chi connectivity index (χ1) is 3.55. The van der Waals surface area contributed by atoms with Crippen molar-refractivity contribution in [2.75, 3.05) is 14.1 Å². The molecule has 0 heterocycles. The highest BCUT2D eigenvalue weighted by Gasteiger charge is 2.09. The van der Waals surface area contributed by atoms with E-state index in [2.05, 4.69) is 0 Å². The van der Waals surface area contributed by atoms with Gasteiger partial charge in [-0.25, -0.2) is 0 Å². The molecule has 0 bridgehead atoms. The molecule has 0 aromatic heterocycles. The molecule has 8 heavy (non-hydrogen) atoms. The SMILES string of the molecule is CC(=O)C(O)N(C)C. The predicted octanol–water partition coefficient (Wildman–Crippen LogP) is -0.545. The van der Waals surface area contributed by atoms with Crippen molar-refractivity contribution < 1.29 is 9.90 Å². The number of hydrogen-bond acceptors (Lipinski definition) is 3. The fraction of sp³-hybridized carbons (Fsp3) is 0.800. The standard InChI is InChI=1S/C5H11NO2/c1-4(7)5(8)6(2)3/h5,8H,1-3H3. The van der Waals surface area contributed by atoms with E-state index in [1.54, 1.807) is 14.1 Å². The van der Waals surface area contributed by atoms with Crippen LogP contribution in [0.4, 0.5) is 0 Å². The van der Waals surface area contributed by atoms with Gasteiger partial charge in [-0.15, -0.1) is 0 Å². The minimum atomic E-state index is -0.935. The van der Waals surface area contributed by atoms with Crippen LogP contribution in [0.3, 0.4) is 0 Å². The van der Waals surface area contributed by atoms with E-state index in [0.29, 0.717) is 0 Å². The van der Waals surface area contributed by atoms with Crippen LogP contribution in [-0.4, -0.2) is 36.1 Å². The Labute approximate surface area is 48.9 Å². The van der Waals surface area contributed by atoms with E-state index < -0.39 is 6.23 Å². The Morgan fingerprint density at radius 1 is 1.62 bits per heavy atom. The number of likely N-dealkylation sites (N-methyl/N-ethyl adjacent to an activating group) is 1. The van der Waals surface area contributed by atoms with Gasteiger partial charge in [0.05, 0.1) is 0 Å². The Balaban J connectivity index is 3.64. The average molecular weight is 117 g/mol. The molecular formula is C5H11NO2. The number of ketones is 1. The summed E-state index contributed by atoms with van der Waals surface area (Å²) in [5.41, 5.74) is 0. The van der Waals surface area contributed by atoms with Crippen molar-refractivity contribution in [3.8, 4) is 0 Å². The van der Waals surface area contributed by atoms with Crippen LogP contribution >= 0.6 is 0 Å². The van der Waals surface area contributed by atoms with Gasteiger partial charge in [0, 0.05) is 0 Å². The molecule has 0 amide bonds. The molecular weight excluding hydrogens is 106 g/mol. The summed E-state index contributed by atoms with van der Waals surface area (Å²) in [6, 6.07) is 0. The second kappa shape index (κ2) is 2.79. The third kappa shape index (κ3) is 2.04. The van der Waals surface area contributed by atoms with Crippen LogP contribution < -0.4 is 0 Å². The molecule has 3 heteroatoms. The van der Waals surface area contributed by atoms with Gasteiger partial charge in [-0.3, -0.25) is 9.69 Å². The number of carbonyl (C=O) groups excluding carboxylic acids is 1. The Bertz CT molecular complexity index is 90.4. The molecule has 0 radical (unpaired) electrons. The number of hydrogen-bond donors (Lipinski definition) is 1. The first kappa shape index (κ1) is 7.59. The first-order valence-electron chi connectivity index (χ1n) is 2.40. The molecule has 0 saturated carbocycles. The number of aliphatic hydroxyl groups excluding tert-OH is 1. The zero-order valence-electron chi connectivity index (χ0n) is 5.38. The highest BCUT2D eigenvalue weighted by molar-refractivity contribution is 5.79. The Morgan fingerprint density at radius 3 is 2.00 bits per heavy atom. The van der Waals surface area contributed by atoms with Crippen molar-refractivity contribution in [1.82, 2.24) is 4.90 Å². The van der Waals surface area contributed by atoms with E-state index in [1.165, 1.54) is 11.8 Å².